The van der Waals surface area contributed by atoms with E-state index in [0.717, 1.165) is 43.9 Å². The third-order valence-electron chi connectivity index (χ3n) is 3.42. The van der Waals surface area contributed by atoms with E-state index in [-0.39, 0.29) is 5.91 Å². The molecule has 114 valence electrons. The first kappa shape index (κ1) is 15.6. The van der Waals surface area contributed by atoms with Gasteiger partial charge >= 0.3 is 0 Å². The monoisotopic (exact) mass is 307 g/mol. The lowest BCUT2D eigenvalue weighted by molar-refractivity contribution is -0.127. The minimum Gasteiger partial charge on any atom is -0.495 e. The van der Waals surface area contributed by atoms with Crippen LogP contribution in [0.25, 0.3) is 0 Å². The summed E-state index contributed by atoms with van der Waals surface area (Å²) in [5.74, 6) is 1.02. The summed E-state index contributed by atoms with van der Waals surface area (Å²) in [6.07, 6.45) is 2.57. The van der Waals surface area contributed by atoms with Gasteiger partial charge in [0.2, 0.25) is 5.91 Å². The molecular weight excluding hydrogens is 286 g/mol. The van der Waals surface area contributed by atoms with E-state index in [2.05, 4.69) is 10.6 Å². The van der Waals surface area contributed by atoms with Crippen molar-refractivity contribution in [1.82, 2.24) is 10.2 Å². The third-order valence-corrected chi connectivity index (χ3v) is 3.66. The van der Waals surface area contributed by atoms with Crippen LogP contribution >= 0.6 is 12.2 Å². The van der Waals surface area contributed by atoms with Gasteiger partial charge in [0.25, 0.3) is 0 Å². The van der Waals surface area contributed by atoms with Crippen LogP contribution in [0.3, 0.4) is 0 Å². The standard InChI is InChI=1S/C15H21N3O2S/c1-20-13-7-3-2-6-12(13)17-15(21)16-9-5-11-18-10-4-8-14(18)19/h2-3,6-7H,4-5,8-11H2,1H3,(H2,16,17,21). The lowest BCUT2D eigenvalue weighted by Crippen LogP contribution is -2.32. The molecule has 0 unspecified atom stereocenters. The van der Waals surface area contributed by atoms with Crippen molar-refractivity contribution in [2.24, 2.45) is 0 Å². The van der Waals surface area contributed by atoms with Crippen LogP contribution in [-0.4, -0.2) is 42.7 Å². The maximum Gasteiger partial charge on any atom is 0.222 e. The molecule has 1 aliphatic rings. The molecule has 0 aromatic heterocycles. The number of hydrogen-bond acceptors (Lipinski definition) is 3. The Kier molecular flexibility index (Phi) is 5.80. The smallest absolute Gasteiger partial charge is 0.222 e. The number of para-hydroxylation sites is 2. The quantitative estimate of drug-likeness (QED) is 0.622. The van der Waals surface area contributed by atoms with Crippen LogP contribution < -0.4 is 15.4 Å². The highest BCUT2D eigenvalue weighted by atomic mass is 32.1. The highest BCUT2D eigenvalue weighted by Crippen LogP contribution is 2.22. The van der Waals surface area contributed by atoms with E-state index in [0.29, 0.717) is 11.5 Å². The summed E-state index contributed by atoms with van der Waals surface area (Å²) in [6.45, 7) is 2.43. The van der Waals surface area contributed by atoms with Crippen molar-refractivity contribution in [3.8, 4) is 5.75 Å². The molecular formula is C15H21N3O2S. The second kappa shape index (κ2) is 7.83. The van der Waals surface area contributed by atoms with Gasteiger partial charge in [0, 0.05) is 26.1 Å². The summed E-state index contributed by atoms with van der Waals surface area (Å²) < 4.78 is 5.26. The van der Waals surface area contributed by atoms with Crippen LogP contribution in [0.5, 0.6) is 5.75 Å². The number of methoxy groups -OCH3 is 1. The van der Waals surface area contributed by atoms with E-state index < -0.39 is 0 Å². The molecule has 1 aliphatic heterocycles. The Balaban J connectivity index is 1.69. The number of benzene rings is 1. The van der Waals surface area contributed by atoms with Gasteiger partial charge in [-0.2, -0.15) is 0 Å². The number of nitrogens with zero attached hydrogens (tertiary/aromatic N) is 1. The minimum atomic E-state index is 0.268. The molecule has 6 heteroatoms. The van der Waals surface area contributed by atoms with Crippen LogP contribution in [0.4, 0.5) is 5.69 Å². The molecule has 0 bridgehead atoms. The first-order valence-corrected chi connectivity index (χ1v) is 7.57. The highest BCUT2D eigenvalue weighted by molar-refractivity contribution is 7.80. The minimum absolute atomic E-state index is 0.268. The van der Waals surface area contributed by atoms with Crippen molar-refractivity contribution in [2.45, 2.75) is 19.3 Å². The molecule has 1 amide bonds. The number of anilines is 1. The van der Waals surface area contributed by atoms with Crippen LogP contribution in [-0.2, 0) is 4.79 Å². The van der Waals surface area contributed by atoms with E-state index in [1.807, 2.05) is 29.2 Å². The second-order valence-electron chi connectivity index (χ2n) is 4.92. The van der Waals surface area contributed by atoms with Gasteiger partial charge < -0.3 is 20.3 Å². The molecule has 1 aromatic rings. The number of hydrogen-bond donors (Lipinski definition) is 2. The average molecular weight is 307 g/mol. The molecule has 5 nitrogen and oxygen atoms in total. The van der Waals surface area contributed by atoms with Gasteiger partial charge in [-0.15, -0.1) is 0 Å². The number of nitrogens with one attached hydrogen (secondary N) is 2. The molecule has 2 rings (SSSR count). The number of carbonyl (C=O) groups excluding carboxylic acids is 1. The maximum atomic E-state index is 11.5. The largest absolute Gasteiger partial charge is 0.495 e. The van der Waals surface area contributed by atoms with E-state index in [4.69, 9.17) is 17.0 Å². The zero-order chi connectivity index (χ0) is 15.1. The molecule has 0 radical (unpaired) electrons. The zero-order valence-corrected chi connectivity index (χ0v) is 13.0. The van der Waals surface area contributed by atoms with Crippen molar-refractivity contribution in [3.63, 3.8) is 0 Å². The average Bonchev–Trinajstić information content (AvgIpc) is 2.89. The number of likely N-dealkylation sites (tertiary alicyclic amines) is 1. The molecule has 21 heavy (non-hydrogen) atoms. The summed E-state index contributed by atoms with van der Waals surface area (Å²) in [5, 5.41) is 6.82. The summed E-state index contributed by atoms with van der Waals surface area (Å²) in [7, 11) is 1.63. The Morgan fingerprint density at radius 1 is 1.43 bits per heavy atom. The maximum absolute atomic E-state index is 11.5. The third kappa shape index (κ3) is 4.60. The predicted molar refractivity (Wildman–Crippen MR) is 87.6 cm³/mol. The number of amides is 1. The van der Waals surface area contributed by atoms with Crippen LogP contribution in [0, 0.1) is 0 Å². The fraction of sp³-hybridized carbons (Fsp3) is 0.467. The number of carbonyl (C=O) groups is 1. The Bertz CT molecular complexity index is 507. The number of thiocarbonyl (C=S) groups is 1. The molecule has 2 N–H and O–H groups in total. The predicted octanol–water partition coefficient (Wildman–Crippen LogP) is 1.99. The van der Waals surface area contributed by atoms with Gasteiger partial charge in [0.15, 0.2) is 5.11 Å². The molecule has 0 spiro atoms. The fourth-order valence-corrected chi connectivity index (χ4v) is 2.54. The Morgan fingerprint density at radius 2 is 2.24 bits per heavy atom. The van der Waals surface area contributed by atoms with Crippen molar-refractivity contribution < 1.29 is 9.53 Å². The molecule has 0 saturated carbocycles. The molecule has 0 aliphatic carbocycles. The Labute approximate surface area is 130 Å². The van der Waals surface area contributed by atoms with Crippen molar-refractivity contribution >= 4 is 28.9 Å². The first-order chi connectivity index (χ1) is 10.2. The topological polar surface area (TPSA) is 53.6 Å². The lowest BCUT2D eigenvalue weighted by Gasteiger charge is -2.16. The van der Waals surface area contributed by atoms with Gasteiger partial charge in [-0.25, -0.2) is 0 Å². The summed E-state index contributed by atoms with van der Waals surface area (Å²) >= 11 is 5.26. The van der Waals surface area contributed by atoms with Gasteiger partial charge in [-0.05, 0) is 37.2 Å². The van der Waals surface area contributed by atoms with Crippen LogP contribution in [0.15, 0.2) is 24.3 Å². The first-order valence-electron chi connectivity index (χ1n) is 7.16. The van der Waals surface area contributed by atoms with Crippen molar-refractivity contribution in [3.05, 3.63) is 24.3 Å². The lowest BCUT2D eigenvalue weighted by atomic mass is 10.3. The normalized spacial score (nSPS) is 14.1. The second-order valence-corrected chi connectivity index (χ2v) is 5.33. The van der Waals surface area contributed by atoms with Gasteiger partial charge in [-0.3, -0.25) is 4.79 Å². The van der Waals surface area contributed by atoms with Gasteiger partial charge in [-0.1, -0.05) is 12.1 Å². The number of rotatable bonds is 6. The van der Waals surface area contributed by atoms with Crippen LogP contribution in [0.2, 0.25) is 0 Å². The van der Waals surface area contributed by atoms with Crippen LogP contribution in [0.1, 0.15) is 19.3 Å². The Hall–Kier alpha value is -1.82. The summed E-state index contributed by atoms with van der Waals surface area (Å²) in [5.41, 5.74) is 0.840. The molecule has 1 aromatic carbocycles. The number of ether oxygens (including phenoxy) is 1. The van der Waals surface area contributed by atoms with Gasteiger partial charge in [0.05, 0.1) is 12.8 Å². The van der Waals surface area contributed by atoms with E-state index in [1.165, 1.54) is 0 Å². The fourth-order valence-electron chi connectivity index (χ4n) is 2.33. The summed E-state index contributed by atoms with van der Waals surface area (Å²) in [4.78, 5) is 13.4. The molecule has 0 atom stereocenters. The molecule has 1 heterocycles. The van der Waals surface area contributed by atoms with Crippen molar-refractivity contribution in [1.29, 1.82) is 0 Å². The van der Waals surface area contributed by atoms with E-state index in [1.54, 1.807) is 7.11 Å². The SMILES string of the molecule is COc1ccccc1NC(=S)NCCCN1CCCC1=O. The Morgan fingerprint density at radius 3 is 2.95 bits per heavy atom. The summed E-state index contributed by atoms with van der Waals surface area (Å²) in [6, 6.07) is 7.62. The van der Waals surface area contributed by atoms with E-state index >= 15 is 0 Å². The zero-order valence-electron chi connectivity index (χ0n) is 12.2. The van der Waals surface area contributed by atoms with Gasteiger partial charge in [0.1, 0.15) is 5.75 Å². The molecule has 1 fully saturated rings. The van der Waals surface area contributed by atoms with E-state index in [9.17, 15) is 4.79 Å². The van der Waals surface area contributed by atoms with Crippen molar-refractivity contribution in [2.75, 3.05) is 32.1 Å². The highest BCUT2D eigenvalue weighted by Gasteiger charge is 2.18. The molecule has 1 saturated heterocycles.